The summed E-state index contributed by atoms with van der Waals surface area (Å²) in [5.74, 6) is 1.29. The zero-order valence-electron chi connectivity index (χ0n) is 15.9. The van der Waals surface area contributed by atoms with Gasteiger partial charge in [0.05, 0.1) is 12.9 Å². The number of imidazole rings is 1. The molecule has 1 aliphatic heterocycles. The summed E-state index contributed by atoms with van der Waals surface area (Å²) >= 11 is 0. The number of nitrogens with zero attached hydrogens (tertiary/aromatic N) is 2. The lowest BCUT2D eigenvalue weighted by molar-refractivity contribution is -0.111. The van der Waals surface area contributed by atoms with E-state index in [-0.39, 0.29) is 5.91 Å². The van der Waals surface area contributed by atoms with Gasteiger partial charge in [-0.25, -0.2) is 4.98 Å². The quantitative estimate of drug-likeness (QED) is 0.663. The molecular formula is C23H23N3O2. The van der Waals surface area contributed by atoms with E-state index in [0.29, 0.717) is 5.82 Å². The smallest absolute Gasteiger partial charge is 0.249 e. The number of fused-ring (bicyclic) bond motifs is 1. The zero-order valence-corrected chi connectivity index (χ0v) is 15.9. The Labute approximate surface area is 164 Å². The number of carbonyl (C=O) groups excluding carboxylic acids is 1. The Morgan fingerprint density at radius 3 is 3.04 bits per heavy atom. The highest BCUT2D eigenvalue weighted by molar-refractivity contribution is 6.01. The molecule has 0 saturated carbocycles. The van der Waals surface area contributed by atoms with Gasteiger partial charge in [-0.1, -0.05) is 37.3 Å². The predicted molar refractivity (Wildman–Crippen MR) is 110 cm³/mol. The minimum Gasteiger partial charge on any atom is -0.493 e. The van der Waals surface area contributed by atoms with Gasteiger partial charge in [-0.15, -0.1) is 0 Å². The maximum atomic E-state index is 12.2. The standard InChI is InChI=1S/C23H23N3O2/c1-2-17-4-3-5-19(12-17)14-26-15-22(24-16-26)25-23(27)9-7-18-6-8-21-20(13-18)10-11-28-21/h3-9,12-13,15-16H,2,10-11,14H2,1H3,(H,25,27)/b9-7+. The van der Waals surface area contributed by atoms with Gasteiger partial charge < -0.3 is 14.6 Å². The summed E-state index contributed by atoms with van der Waals surface area (Å²) in [6.07, 6.45) is 8.85. The normalized spacial score (nSPS) is 12.8. The molecular weight excluding hydrogens is 350 g/mol. The Balaban J connectivity index is 1.36. The lowest BCUT2D eigenvalue weighted by atomic mass is 10.1. The van der Waals surface area contributed by atoms with E-state index in [2.05, 4.69) is 47.6 Å². The van der Waals surface area contributed by atoms with E-state index in [1.807, 2.05) is 22.9 Å². The average molecular weight is 373 g/mol. The number of amides is 1. The number of aryl methyl sites for hydroxylation is 1. The average Bonchev–Trinajstić information content (AvgIpc) is 3.35. The molecule has 2 heterocycles. The molecule has 4 rings (SSSR count). The molecule has 142 valence electrons. The summed E-state index contributed by atoms with van der Waals surface area (Å²) in [7, 11) is 0. The van der Waals surface area contributed by atoms with Crippen LogP contribution in [0.1, 0.15) is 29.2 Å². The third-order valence-corrected chi connectivity index (χ3v) is 4.79. The molecule has 0 spiro atoms. The Morgan fingerprint density at radius 2 is 2.14 bits per heavy atom. The maximum Gasteiger partial charge on any atom is 0.249 e. The second-order valence-electron chi connectivity index (χ2n) is 6.89. The van der Waals surface area contributed by atoms with Crippen molar-refractivity contribution in [3.8, 4) is 5.75 Å². The van der Waals surface area contributed by atoms with Crippen molar-refractivity contribution in [2.45, 2.75) is 26.3 Å². The molecule has 0 radical (unpaired) electrons. The van der Waals surface area contributed by atoms with Gasteiger partial charge in [0, 0.05) is 25.2 Å². The lowest BCUT2D eigenvalue weighted by Gasteiger charge is -2.04. The molecule has 0 fully saturated rings. The fourth-order valence-electron chi connectivity index (χ4n) is 3.32. The van der Waals surface area contributed by atoms with Crippen molar-refractivity contribution in [1.29, 1.82) is 0 Å². The van der Waals surface area contributed by atoms with Crippen LogP contribution in [0, 0.1) is 0 Å². The first-order valence-electron chi connectivity index (χ1n) is 9.54. The van der Waals surface area contributed by atoms with E-state index in [4.69, 9.17) is 4.74 Å². The highest BCUT2D eigenvalue weighted by atomic mass is 16.5. The summed E-state index contributed by atoms with van der Waals surface area (Å²) in [6.45, 7) is 3.60. The SMILES string of the molecule is CCc1cccc(Cn2cnc(NC(=O)/C=C/c3ccc4c(c3)CCO4)c2)c1. The first kappa shape index (κ1) is 18.0. The van der Waals surface area contributed by atoms with Crippen molar-refractivity contribution in [1.82, 2.24) is 9.55 Å². The van der Waals surface area contributed by atoms with Crippen LogP contribution in [0.25, 0.3) is 6.08 Å². The Kier molecular flexibility index (Phi) is 5.24. The van der Waals surface area contributed by atoms with Gasteiger partial charge in [-0.3, -0.25) is 4.79 Å². The van der Waals surface area contributed by atoms with Crippen molar-refractivity contribution in [3.05, 3.63) is 83.3 Å². The summed E-state index contributed by atoms with van der Waals surface area (Å²) < 4.78 is 7.47. The van der Waals surface area contributed by atoms with Crippen LogP contribution in [-0.4, -0.2) is 22.1 Å². The minimum absolute atomic E-state index is 0.199. The van der Waals surface area contributed by atoms with Crippen molar-refractivity contribution < 1.29 is 9.53 Å². The van der Waals surface area contributed by atoms with Crippen molar-refractivity contribution >= 4 is 17.8 Å². The predicted octanol–water partition coefficient (Wildman–Crippen LogP) is 4.08. The van der Waals surface area contributed by atoms with E-state index >= 15 is 0 Å². The fraction of sp³-hybridized carbons (Fsp3) is 0.217. The number of hydrogen-bond acceptors (Lipinski definition) is 3. The molecule has 5 nitrogen and oxygen atoms in total. The van der Waals surface area contributed by atoms with Crippen LogP contribution in [0.5, 0.6) is 5.75 Å². The first-order chi connectivity index (χ1) is 13.7. The molecule has 3 aromatic rings. The van der Waals surface area contributed by atoms with Gasteiger partial charge in [0.1, 0.15) is 5.75 Å². The molecule has 2 aromatic carbocycles. The van der Waals surface area contributed by atoms with Gasteiger partial charge in [0.15, 0.2) is 5.82 Å². The third kappa shape index (κ3) is 4.31. The van der Waals surface area contributed by atoms with E-state index in [1.165, 1.54) is 22.8 Å². The Bertz CT molecular complexity index is 1020. The molecule has 28 heavy (non-hydrogen) atoms. The lowest BCUT2D eigenvalue weighted by Crippen LogP contribution is -2.08. The molecule has 1 aliphatic rings. The summed E-state index contributed by atoms with van der Waals surface area (Å²) in [4.78, 5) is 16.5. The van der Waals surface area contributed by atoms with Crippen molar-refractivity contribution in [3.63, 3.8) is 0 Å². The zero-order chi connectivity index (χ0) is 19.3. The molecule has 0 atom stereocenters. The molecule has 5 heteroatoms. The van der Waals surface area contributed by atoms with E-state index in [9.17, 15) is 4.79 Å². The largest absolute Gasteiger partial charge is 0.493 e. The van der Waals surface area contributed by atoms with Gasteiger partial charge in [-0.2, -0.15) is 0 Å². The Morgan fingerprint density at radius 1 is 1.25 bits per heavy atom. The molecule has 1 N–H and O–H groups in total. The minimum atomic E-state index is -0.199. The molecule has 1 amide bonds. The number of aromatic nitrogens is 2. The van der Waals surface area contributed by atoms with Gasteiger partial charge in [0.25, 0.3) is 0 Å². The topological polar surface area (TPSA) is 56.2 Å². The molecule has 0 saturated heterocycles. The maximum absolute atomic E-state index is 12.2. The molecule has 0 bridgehead atoms. The van der Waals surface area contributed by atoms with Crippen LogP contribution in [0.3, 0.4) is 0 Å². The monoisotopic (exact) mass is 373 g/mol. The van der Waals surface area contributed by atoms with Gasteiger partial charge >= 0.3 is 0 Å². The van der Waals surface area contributed by atoms with Gasteiger partial charge in [0.2, 0.25) is 5.91 Å². The van der Waals surface area contributed by atoms with E-state index in [0.717, 1.165) is 37.3 Å². The number of carbonyl (C=O) groups is 1. The summed E-state index contributed by atoms with van der Waals surface area (Å²) in [5, 5.41) is 2.81. The number of hydrogen-bond donors (Lipinski definition) is 1. The second kappa shape index (κ2) is 8.13. The van der Waals surface area contributed by atoms with E-state index in [1.54, 1.807) is 12.4 Å². The fourth-order valence-corrected chi connectivity index (χ4v) is 3.32. The number of benzene rings is 2. The third-order valence-electron chi connectivity index (χ3n) is 4.79. The van der Waals surface area contributed by atoms with Crippen LogP contribution in [0.15, 0.2) is 61.1 Å². The Hall–Kier alpha value is -3.34. The van der Waals surface area contributed by atoms with E-state index < -0.39 is 0 Å². The summed E-state index contributed by atoms with van der Waals surface area (Å²) in [5.41, 5.74) is 4.71. The highest BCUT2D eigenvalue weighted by Crippen LogP contribution is 2.26. The molecule has 0 unspecified atom stereocenters. The summed E-state index contributed by atoms with van der Waals surface area (Å²) in [6, 6.07) is 14.5. The highest BCUT2D eigenvalue weighted by Gasteiger charge is 2.11. The van der Waals surface area contributed by atoms with Crippen LogP contribution in [0.4, 0.5) is 5.82 Å². The van der Waals surface area contributed by atoms with Crippen LogP contribution < -0.4 is 10.1 Å². The number of rotatable bonds is 6. The second-order valence-corrected chi connectivity index (χ2v) is 6.89. The van der Waals surface area contributed by atoms with Crippen molar-refractivity contribution in [2.24, 2.45) is 0 Å². The number of nitrogens with one attached hydrogen (secondary N) is 1. The first-order valence-corrected chi connectivity index (χ1v) is 9.54. The van der Waals surface area contributed by atoms with Crippen LogP contribution in [-0.2, 0) is 24.2 Å². The number of ether oxygens (including phenoxy) is 1. The number of anilines is 1. The van der Waals surface area contributed by atoms with Crippen molar-refractivity contribution in [2.75, 3.05) is 11.9 Å². The van der Waals surface area contributed by atoms with Crippen LogP contribution >= 0.6 is 0 Å². The molecule has 1 aromatic heterocycles. The van der Waals surface area contributed by atoms with Crippen LogP contribution in [0.2, 0.25) is 0 Å². The molecule has 0 aliphatic carbocycles. The van der Waals surface area contributed by atoms with Gasteiger partial charge in [-0.05, 0) is 46.9 Å².